The molecular weight excluding hydrogens is 188 g/mol. The molecule has 0 radical (unpaired) electrons. The molecule has 0 amide bonds. The molecule has 76 valence electrons. The highest BCUT2D eigenvalue weighted by Crippen LogP contribution is 2.26. The minimum absolute atomic E-state index is 0.593. The lowest BCUT2D eigenvalue weighted by Crippen LogP contribution is -1.94. The van der Waals surface area contributed by atoms with Crippen LogP contribution in [0.2, 0.25) is 0 Å². The quantitative estimate of drug-likeness (QED) is 0.758. The molecule has 1 aromatic carbocycles. The number of rotatable bonds is 2. The van der Waals surface area contributed by atoms with E-state index >= 15 is 0 Å². The lowest BCUT2D eigenvalue weighted by Gasteiger charge is -2.08. The second-order valence-electron chi connectivity index (χ2n) is 3.27. The van der Waals surface area contributed by atoms with Crippen molar-refractivity contribution in [2.75, 3.05) is 5.73 Å². The van der Waals surface area contributed by atoms with Crippen LogP contribution in [0, 0.1) is 6.92 Å². The first-order chi connectivity index (χ1) is 7.27. The predicted octanol–water partition coefficient (Wildman–Crippen LogP) is 2.76. The largest absolute Gasteiger partial charge is 0.437 e. The molecule has 0 atom stereocenters. The summed E-state index contributed by atoms with van der Waals surface area (Å²) in [6, 6.07) is 11.2. The minimum atomic E-state index is 0.593. The Labute approximate surface area is 88.5 Å². The molecule has 0 bridgehead atoms. The van der Waals surface area contributed by atoms with Crippen LogP contribution >= 0.6 is 0 Å². The molecule has 2 N–H and O–H groups in total. The molecule has 0 aliphatic rings. The summed E-state index contributed by atoms with van der Waals surface area (Å²) in [5.41, 5.74) is 7.37. The van der Waals surface area contributed by atoms with Gasteiger partial charge in [-0.15, -0.1) is 0 Å². The number of ether oxygens (including phenoxy) is 1. The van der Waals surface area contributed by atoms with E-state index in [2.05, 4.69) is 4.98 Å². The third kappa shape index (κ3) is 2.07. The molecule has 1 aromatic heterocycles. The zero-order valence-corrected chi connectivity index (χ0v) is 8.47. The number of anilines is 1. The minimum Gasteiger partial charge on any atom is -0.437 e. The van der Waals surface area contributed by atoms with Crippen molar-refractivity contribution in [3.05, 3.63) is 48.2 Å². The van der Waals surface area contributed by atoms with E-state index in [4.69, 9.17) is 10.5 Å². The fourth-order valence-electron chi connectivity index (χ4n) is 1.26. The monoisotopic (exact) mass is 200 g/mol. The van der Waals surface area contributed by atoms with Crippen molar-refractivity contribution in [1.82, 2.24) is 4.98 Å². The topological polar surface area (TPSA) is 48.1 Å². The van der Waals surface area contributed by atoms with Gasteiger partial charge in [-0.25, -0.2) is 4.98 Å². The summed E-state index contributed by atoms with van der Waals surface area (Å²) in [4.78, 5) is 4.14. The molecular formula is C12H12N2O. The first kappa shape index (κ1) is 9.52. The van der Waals surface area contributed by atoms with Gasteiger partial charge in [-0.1, -0.05) is 18.2 Å². The standard InChI is InChI=1S/C12H12N2O/c1-9-5-4-8-14-12(9)15-11-7-3-2-6-10(11)13/h2-8H,13H2,1H3. The van der Waals surface area contributed by atoms with Gasteiger partial charge in [0.1, 0.15) is 0 Å². The van der Waals surface area contributed by atoms with Crippen molar-refractivity contribution in [1.29, 1.82) is 0 Å². The maximum absolute atomic E-state index is 5.77. The van der Waals surface area contributed by atoms with Gasteiger partial charge >= 0.3 is 0 Å². The molecule has 0 aliphatic heterocycles. The second-order valence-corrected chi connectivity index (χ2v) is 3.27. The zero-order chi connectivity index (χ0) is 10.7. The number of aromatic nitrogens is 1. The van der Waals surface area contributed by atoms with Crippen molar-refractivity contribution < 1.29 is 4.74 Å². The highest BCUT2D eigenvalue weighted by molar-refractivity contribution is 5.53. The van der Waals surface area contributed by atoms with Gasteiger partial charge in [0.25, 0.3) is 0 Å². The van der Waals surface area contributed by atoms with Crippen LogP contribution in [0.5, 0.6) is 11.6 Å². The van der Waals surface area contributed by atoms with E-state index in [1.165, 1.54) is 0 Å². The molecule has 15 heavy (non-hydrogen) atoms. The molecule has 2 rings (SSSR count). The van der Waals surface area contributed by atoms with Crippen LogP contribution in [-0.2, 0) is 0 Å². The van der Waals surface area contributed by atoms with Gasteiger partial charge in [-0.2, -0.15) is 0 Å². The Morgan fingerprint density at radius 1 is 1.13 bits per heavy atom. The van der Waals surface area contributed by atoms with Crippen molar-refractivity contribution >= 4 is 5.69 Å². The lowest BCUT2D eigenvalue weighted by molar-refractivity contribution is 0.461. The SMILES string of the molecule is Cc1cccnc1Oc1ccccc1N. The van der Waals surface area contributed by atoms with Crippen molar-refractivity contribution in [3.63, 3.8) is 0 Å². The first-order valence-electron chi connectivity index (χ1n) is 4.71. The normalized spacial score (nSPS) is 9.93. The Morgan fingerprint density at radius 3 is 2.67 bits per heavy atom. The van der Waals surface area contributed by atoms with E-state index in [1.807, 2.05) is 37.3 Å². The number of nitrogen functional groups attached to an aromatic ring is 1. The number of benzene rings is 1. The highest BCUT2D eigenvalue weighted by atomic mass is 16.5. The number of aryl methyl sites for hydroxylation is 1. The van der Waals surface area contributed by atoms with Crippen molar-refractivity contribution in [2.24, 2.45) is 0 Å². The van der Waals surface area contributed by atoms with Gasteiger partial charge in [0.2, 0.25) is 5.88 Å². The highest BCUT2D eigenvalue weighted by Gasteiger charge is 2.03. The summed E-state index contributed by atoms with van der Waals surface area (Å²) >= 11 is 0. The lowest BCUT2D eigenvalue weighted by atomic mass is 10.3. The van der Waals surface area contributed by atoms with Crippen LogP contribution in [0.25, 0.3) is 0 Å². The molecule has 0 fully saturated rings. The van der Waals surface area contributed by atoms with Gasteiger partial charge in [0, 0.05) is 11.8 Å². The summed E-state index contributed by atoms with van der Waals surface area (Å²) in [5.74, 6) is 1.23. The Bertz CT molecular complexity index is 425. The fraction of sp³-hybridized carbons (Fsp3) is 0.0833. The van der Waals surface area contributed by atoms with Gasteiger partial charge in [0.15, 0.2) is 5.75 Å². The summed E-state index contributed by atoms with van der Waals surface area (Å²) in [6.07, 6.45) is 1.70. The average Bonchev–Trinajstić information content (AvgIpc) is 2.24. The molecule has 0 unspecified atom stereocenters. The molecule has 0 aliphatic carbocycles. The summed E-state index contributed by atoms with van der Waals surface area (Å²) in [5, 5.41) is 0. The predicted molar refractivity (Wildman–Crippen MR) is 59.9 cm³/mol. The Hall–Kier alpha value is -2.03. The van der Waals surface area contributed by atoms with Crippen LogP contribution in [0.1, 0.15) is 5.56 Å². The molecule has 1 heterocycles. The number of hydrogen-bond acceptors (Lipinski definition) is 3. The maximum Gasteiger partial charge on any atom is 0.222 e. The van der Waals surface area contributed by atoms with E-state index in [1.54, 1.807) is 12.3 Å². The van der Waals surface area contributed by atoms with E-state index in [0.717, 1.165) is 5.56 Å². The maximum atomic E-state index is 5.77. The van der Waals surface area contributed by atoms with Crippen molar-refractivity contribution in [2.45, 2.75) is 6.92 Å². The van der Waals surface area contributed by atoms with Crippen molar-refractivity contribution in [3.8, 4) is 11.6 Å². The number of para-hydroxylation sites is 2. The second kappa shape index (κ2) is 4.00. The van der Waals surface area contributed by atoms with Crippen LogP contribution in [0.3, 0.4) is 0 Å². The number of hydrogen-bond donors (Lipinski definition) is 1. The average molecular weight is 200 g/mol. The molecule has 0 saturated carbocycles. The Balaban J connectivity index is 2.30. The molecule has 3 nitrogen and oxygen atoms in total. The first-order valence-corrected chi connectivity index (χ1v) is 4.71. The number of nitrogens with zero attached hydrogens (tertiary/aromatic N) is 1. The molecule has 0 saturated heterocycles. The van der Waals surface area contributed by atoms with Gasteiger partial charge in [0.05, 0.1) is 5.69 Å². The third-order valence-electron chi connectivity index (χ3n) is 2.09. The summed E-state index contributed by atoms with van der Waals surface area (Å²) in [6.45, 7) is 1.95. The number of nitrogens with two attached hydrogens (primary N) is 1. The van der Waals surface area contributed by atoms with Gasteiger partial charge < -0.3 is 10.5 Å². The Morgan fingerprint density at radius 2 is 1.93 bits per heavy atom. The van der Waals surface area contributed by atoms with Crippen LogP contribution in [-0.4, -0.2) is 4.98 Å². The molecule has 3 heteroatoms. The van der Waals surface area contributed by atoms with Crippen LogP contribution in [0.4, 0.5) is 5.69 Å². The zero-order valence-electron chi connectivity index (χ0n) is 8.47. The van der Waals surface area contributed by atoms with E-state index < -0.39 is 0 Å². The van der Waals surface area contributed by atoms with Crippen LogP contribution in [0.15, 0.2) is 42.6 Å². The molecule has 0 spiro atoms. The number of pyridine rings is 1. The molecule has 2 aromatic rings. The van der Waals surface area contributed by atoms with E-state index in [0.29, 0.717) is 17.3 Å². The van der Waals surface area contributed by atoms with Crippen LogP contribution < -0.4 is 10.5 Å². The van der Waals surface area contributed by atoms with Gasteiger partial charge in [-0.3, -0.25) is 0 Å². The van der Waals surface area contributed by atoms with E-state index in [9.17, 15) is 0 Å². The van der Waals surface area contributed by atoms with Gasteiger partial charge in [-0.05, 0) is 25.1 Å². The third-order valence-corrected chi connectivity index (χ3v) is 2.09. The fourth-order valence-corrected chi connectivity index (χ4v) is 1.26. The smallest absolute Gasteiger partial charge is 0.222 e. The summed E-state index contributed by atoms with van der Waals surface area (Å²) in [7, 11) is 0. The Kier molecular flexibility index (Phi) is 2.54. The summed E-state index contributed by atoms with van der Waals surface area (Å²) < 4.78 is 5.60. The van der Waals surface area contributed by atoms with E-state index in [-0.39, 0.29) is 0 Å².